The van der Waals surface area contributed by atoms with Crippen molar-refractivity contribution in [2.75, 3.05) is 7.11 Å². The molecule has 4 heteroatoms. The van der Waals surface area contributed by atoms with Gasteiger partial charge in [-0.3, -0.25) is 4.68 Å². The summed E-state index contributed by atoms with van der Waals surface area (Å²) in [4.78, 5) is 0. The molecule has 2 rings (SSSR count). The maximum absolute atomic E-state index is 5.49. The zero-order valence-corrected chi connectivity index (χ0v) is 13.8. The monoisotopic (exact) mass is 289 g/mol. The highest BCUT2D eigenvalue weighted by Gasteiger charge is 2.20. The number of nitrogens with zero attached hydrogens (tertiary/aromatic N) is 2. The van der Waals surface area contributed by atoms with Crippen molar-refractivity contribution in [3.05, 3.63) is 30.0 Å². The standard InChI is InChI=1S/C17H27N3O/c1-6-20-16-10-8-7-9-14(16)15(19-20)12-18-13(2)11-17(3,4)21-5/h7-10,13,18H,6,11-12H2,1-5H3/t13-/m1/s1. The van der Waals surface area contributed by atoms with Gasteiger partial charge in [-0.05, 0) is 40.2 Å². The summed E-state index contributed by atoms with van der Waals surface area (Å²) in [6.07, 6.45) is 0.968. The van der Waals surface area contributed by atoms with Gasteiger partial charge in [-0.25, -0.2) is 0 Å². The zero-order valence-electron chi connectivity index (χ0n) is 13.8. The molecule has 1 heterocycles. The molecule has 0 aliphatic rings. The first kappa shape index (κ1) is 16.0. The first-order valence-corrected chi connectivity index (χ1v) is 7.70. The molecule has 0 spiro atoms. The number of aryl methyl sites for hydroxylation is 1. The number of rotatable bonds is 7. The van der Waals surface area contributed by atoms with E-state index in [9.17, 15) is 0 Å². The van der Waals surface area contributed by atoms with Crippen LogP contribution in [0.5, 0.6) is 0 Å². The molecular weight excluding hydrogens is 262 g/mol. The lowest BCUT2D eigenvalue weighted by Gasteiger charge is -2.27. The van der Waals surface area contributed by atoms with Gasteiger partial charge in [-0.15, -0.1) is 0 Å². The van der Waals surface area contributed by atoms with E-state index in [2.05, 4.69) is 62.0 Å². The average Bonchev–Trinajstić information content (AvgIpc) is 2.83. The SMILES string of the molecule is CCn1nc(CN[C@H](C)CC(C)(C)OC)c2ccccc21. The van der Waals surface area contributed by atoms with E-state index in [0.717, 1.165) is 25.2 Å². The van der Waals surface area contributed by atoms with E-state index in [1.807, 2.05) is 0 Å². The number of hydrogen-bond acceptors (Lipinski definition) is 3. The minimum Gasteiger partial charge on any atom is -0.379 e. The van der Waals surface area contributed by atoms with Crippen LogP contribution in [0.3, 0.4) is 0 Å². The van der Waals surface area contributed by atoms with Gasteiger partial charge in [0.15, 0.2) is 0 Å². The molecule has 116 valence electrons. The van der Waals surface area contributed by atoms with Gasteiger partial charge < -0.3 is 10.1 Å². The number of benzene rings is 1. The molecule has 0 bridgehead atoms. The molecule has 1 aromatic heterocycles. The Morgan fingerprint density at radius 2 is 2.05 bits per heavy atom. The van der Waals surface area contributed by atoms with Gasteiger partial charge in [0.25, 0.3) is 0 Å². The second-order valence-corrected chi connectivity index (χ2v) is 6.23. The van der Waals surface area contributed by atoms with Gasteiger partial charge >= 0.3 is 0 Å². The van der Waals surface area contributed by atoms with Crippen molar-refractivity contribution in [1.29, 1.82) is 0 Å². The minimum atomic E-state index is -0.0999. The minimum absolute atomic E-state index is 0.0999. The Labute approximate surface area is 127 Å². The summed E-state index contributed by atoms with van der Waals surface area (Å²) in [5, 5.41) is 9.52. The first-order valence-electron chi connectivity index (χ1n) is 7.70. The van der Waals surface area contributed by atoms with Crippen molar-refractivity contribution in [2.24, 2.45) is 0 Å². The van der Waals surface area contributed by atoms with Crippen molar-refractivity contribution in [3.63, 3.8) is 0 Å². The third kappa shape index (κ3) is 3.83. The predicted molar refractivity (Wildman–Crippen MR) is 87.4 cm³/mol. The van der Waals surface area contributed by atoms with Crippen molar-refractivity contribution in [1.82, 2.24) is 15.1 Å². The summed E-state index contributed by atoms with van der Waals surface area (Å²) in [7, 11) is 1.77. The molecule has 0 aliphatic heterocycles. The summed E-state index contributed by atoms with van der Waals surface area (Å²) >= 11 is 0. The normalized spacial score (nSPS) is 13.8. The molecule has 0 fully saturated rings. The van der Waals surface area contributed by atoms with Crippen LogP contribution in [0.2, 0.25) is 0 Å². The molecule has 0 saturated carbocycles. The topological polar surface area (TPSA) is 39.1 Å². The fourth-order valence-corrected chi connectivity index (χ4v) is 2.73. The summed E-state index contributed by atoms with van der Waals surface area (Å²) < 4.78 is 7.56. The molecular formula is C17H27N3O. The quantitative estimate of drug-likeness (QED) is 0.849. The summed E-state index contributed by atoms with van der Waals surface area (Å²) in [5.74, 6) is 0. The van der Waals surface area contributed by atoms with Crippen molar-refractivity contribution in [2.45, 2.75) is 58.8 Å². The van der Waals surface area contributed by atoms with Crippen LogP contribution in [0.25, 0.3) is 10.9 Å². The van der Waals surface area contributed by atoms with Gasteiger partial charge in [-0.1, -0.05) is 18.2 Å². The molecule has 4 nitrogen and oxygen atoms in total. The second kappa shape index (κ2) is 6.58. The van der Waals surface area contributed by atoms with Crippen LogP contribution in [0, 0.1) is 0 Å². The zero-order chi connectivity index (χ0) is 15.5. The van der Waals surface area contributed by atoms with Crippen molar-refractivity contribution >= 4 is 10.9 Å². The second-order valence-electron chi connectivity index (χ2n) is 6.23. The first-order chi connectivity index (χ1) is 9.96. The van der Waals surface area contributed by atoms with E-state index in [4.69, 9.17) is 9.84 Å². The Bertz CT molecular complexity index is 589. The molecule has 0 radical (unpaired) electrons. The van der Waals surface area contributed by atoms with Crippen LogP contribution >= 0.6 is 0 Å². The lowest BCUT2D eigenvalue weighted by molar-refractivity contribution is 0.00842. The molecule has 0 unspecified atom stereocenters. The van der Waals surface area contributed by atoms with E-state index in [1.54, 1.807) is 7.11 Å². The highest BCUT2D eigenvalue weighted by atomic mass is 16.5. The molecule has 1 atom stereocenters. The largest absolute Gasteiger partial charge is 0.379 e. The molecule has 0 amide bonds. The van der Waals surface area contributed by atoms with Gasteiger partial charge in [0.2, 0.25) is 0 Å². The molecule has 0 aliphatic carbocycles. The highest BCUT2D eigenvalue weighted by molar-refractivity contribution is 5.81. The lowest BCUT2D eigenvalue weighted by Crippen LogP contribution is -2.35. The van der Waals surface area contributed by atoms with Crippen LogP contribution in [0.4, 0.5) is 0 Å². The van der Waals surface area contributed by atoms with Crippen LogP contribution in [0.1, 0.15) is 39.8 Å². The number of ether oxygens (including phenoxy) is 1. The number of hydrogen-bond donors (Lipinski definition) is 1. The number of nitrogens with one attached hydrogen (secondary N) is 1. The molecule has 0 saturated heterocycles. The third-order valence-electron chi connectivity index (χ3n) is 4.00. The molecule has 1 N–H and O–H groups in total. The lowest BCUT2D eigenvalue weighted by atomic mass is 10.00. The summed E-state index contributed by atoms with van der Waals surface area (Å²) in [6, 6.07) is 8.80. The highest BCUT2D eigenvalue weighted by Crippen LogP contribution is 2.19. The Morgan fingerprint density at radius 1 is 1.33 bits per heavy atom. The molecule has 1 aromatic carbocycles. The van der Waals surface area contributed by atoms with E-state index >= 15 is 0 Å². The number of para-hydroxylation sites is 1. The molecule has 21 heavy (non-hydrogen) atoms. The number of fused-ring (bicyclic) bond motifs is 1. The van der Waals surface area contributed by atoms with Gasteiger partial charge in [0.05, 0.1) is 16.8 Å². The van der Waals surface area contributed by atoms with Crippen LogP contribution in [0.15, 0.2) is 24.3 Å². The van der Waals surface area contributed by atoms with Crippen molar-refractivity contribution < 1.29 is 4.74 Å². The third-order valence-corrected chi connectivity index (χ3v) is 4.00. The Balaban J connectivity index is 2.07. The smallest absolute Gasteiger partial charge is 0.0841 e. The maximum atomic E-state index is 5.49. The van der Waals surface area contributed by atoms with Crippen LogP contribution < -0.4 is 5.32 Å². The van der Waals surface area contributed by atoms with Crippen molar-refractivity contribution in [3.8, 4) is 0 Å². The van der Waals surface area contributed by atoms with Gasteiger partial charge in [0.1, 0.15) is 0 Å². The summed E-state index contributed by atoms with van der Waals surface area (Å²) in [6.45, 7) is 10.2. The van der Waals surface area contributed by atoms with Gasteiger partial charge in [0, 0.05) is 31.6 Å². The Morgan fingerprint density at radius 3 is 2.71 bits per heavy atom. The van der Waals surface area contributed by atoms with Crippen LogP contribution in [-0.4, -0.2) is 28.5 Å². The summed E-state index contributed by atoms with van der Waals surface area (Å²) in [5.41, 5.74) is 2.23. The Kier molecular flexibility index (Phi) is 5.01. The van der Waals surface area contributed by atoms with Crippen LogP contribution in [-0.2, 0) is 17.8 Å². The fourth-order valence-electron chi connectivity index (χ4n) is 2.73. The predicted octanol–water partition coefficient (Wildman–Crippen LogP) is 3.35. The average molecular weight is 289 g/mol. The number of methoxy groups -OCH3 is 1. The van der Waals surface area contributed by atoms with E-state index < -0.39 is 0 Å². The van der Waals surface area contributed by atoms with E-state index in [-0.39, 0.29) is 5.60 Å². The number of aromatic nitrogens is 2. The van der Waals surface area contributed by atoms with E-state index in [1.165, 1.54) is 10.9 Å². The maximum Gasteiger partial charge on any atom is 0.0841 e. The van der Waals surface area contributed by atoms with Gasteiger partial charge in [-0.2, -0.15) is 5.10 Å². The Hall–Kier alpha value is -1.39. The molecule has 2 aromatic rings. The van der Waals surface area contributed by atoms with E-state index in [0.29, 0.717) is 6.04 Å². The fraction of sp³-hybridized carbons (Fsp3) is 0.588.